The minimum atomic E-state index is 0.339. The lowest BCUT2D eigenvalue weighted by Crippen LogP contribution is -2.25. The third-order valence-corrected chi connectivity index (χ3v) is 3.79. The molecule has 1 heterocycles. The Balaban J connectivity index is 1.85. The van der Waals surface area contributed by atoms with Crippen LogP contribution in [0.2, 0.25) is 0 Å². The standard InChI is InChI=1S/C16H26N4O/c1-4-20(5-2)10-6-7-12(3)18-16-19-14-11-13(17)8-9-15(14)21-16/h8-9,11-12H,4-7,10,17H2,1-3H3,(H,18,19). The Labute approximate surface area is 126 Å². The second-order valence-electron chi connectivity index (χ2n) is 5.46. The van der Waals surface area contributed by atoms with E-state index in [0.717, 1.165) is 37.2 Å². The van der Waals surface area contributed by atoms with Crippen LogP contribution in [-0.4, -0.2) is 35.6 Å². The number of rotatable bonds is 8. The van der Waals surface area contributed by atoms with Crippen LogP contribution in [0, 0.1) is 0 Å². The normalized spacial score (nSPS) is 13.0. The molecule has 1 atom stereocenters. The average molecular weight is 290 g/mol. The molecule has 2 rings (SSSR count). The molecule has 2 aromatic rings. The van der Waals surface area contributed by atoms with Crippen molar-refractivity contribution in [1.82, 2.24) is 9.88 Å². The van der Waals surface area contributed by atoms with Gasteiger partial charge < -0.3 is 20.4 Å². The Hall–Kier alpha value is -1.75. The number of fused-ring (bicyclic) bond motifs is 1. The zero-order valence-electron chi connectivity index (χ0n) is 13.2. The molecule has 0 saturated heterocycles. The Morgan fingerprint density at radius 2 is 2.10 bits per heavy atom. The summed E-state index contributed by atoms with van der Waals surface area (Å²) in [6.45, 7) is 9.94. The molecule has 0 spiro atoms. The van der Waals surface area contributed by atoms with Crippen LogP contribution >= 0.6 is 0 Å². The summed E-state index contributed by atoms with van der Waals surface area (Å²) in [4.78, 5) is 6.86. The summed E-state index contributed by atoms with van der Waals surface area (Å²) < 4.78 is 5.68. The molecule has 1 aromatic carbocycles. The van der Waals surface area contributed by atoms with E-state index in [4.69, 9.17) is 10.2 Å². The van der Waals surface area contributed by atoms with Gasteiger partial charge in [0, 0.05) is 11.7 Å². The molecule has 0 fully saturated rings. The van der Waals surface area contributed by atoms with Crippen LogP contribution in [0.4, 0.5) is 11.7 Å². The lowest BCUT2D eigenvalue weighted by atomic mass is 10.2. The van der Waals surface area contributed by atoms with Gasteiger partial charge in [-0.05, 0) is 57.6 Å². The van der Waals surface area contributed by atoms with Crippen LogP contribution in [0.15, 0.2) is 22.6 Å². The molecule has 5 nitrogen and oxygen atoms in total. The molecule has 0 radical (unpaired) electrons. The van der Waals surface area contributed by atoms with E-state index in [9.17, 15) is 0 Å². The van der Waals surface area contributed by atoms with Gasteiger partial charge in [0.15, 0.2) is 5.58 Å². The van der Waals surface area contributed by atoms with Crippen LogP contribution in [-0.2, 0) is 0 Å². The number of nitrogens with two attached hydrogens (primary N) is 1. The van der Waals surface area contributed by atoms with Gasteiger partial charge in [-0.25, -0.2) is 0 Å². The topological polar surface area (TPSA) is 67.3 Å². The summed E-state index contributed by atoms with van der Waals surface area (Å²) >= 11 is 0. The van der Waals surface area contributed by atoms with Crippen molar-refractivity contribution in [3.8, 4) is 0 Å². The summed E-state index contributed by atoms with van der Waals surface area (Å²) in [5.74, 6) is 0. The van der Waals surface area contributed by atoms with Gasteiger partial charge in [-0.15, -0.1) is 0 Å². The lowest BCUT2D eigenvalue weighted by Gasteiger charge is -2.19. The lowest BCUT2D eigenvalue weighted by molar-refractivity contribution is 0.295. The zero-order valence-corrected chi connectivity index (χ0v) is 13.2. The monoisotopic (exact) mass is 290 g/mol. The number of nitrogens with one attached hydrogen (secondary N) is 1. The molecular weight excluding hydrogens is 264 g/mol. The quantitative estimate of drug-likeness (QED) is 0.730. The number of hydrogen-bond acceptors (Lipinski definition) is 5. The average Bonchev–Trinajstić information content (AvgIpc) is 2.84. The third-order valence-electron chi connectivity index (χ3n) is 3.79. The summed E-state index contributed by atoms with van der Waals surface area (Å²) in [5, 5.41) is 3.32. The highest BCUT2D eigenvalue weighted by molar-refractivity contribution is 5.78. The molecule has 0 aliphatic heterocycles. The highest BCUT2D eigenvalue weighted by Gasteiger charge is 2.09. The molecule has 0 saturated carbocycles. The first-order valence-electron chi connectivity index (χ1n) is 7.77. The van der Waals surface area contributed by atoms with Gasteiger partial charge in [0.2, 0.25) is 0 Å². The van der Waals surface area contributed by atoms with Gasteiger partial charge in [-0.2, -0.15) is 4.98 Å². The largest absolute Gasteiger partial charge is 0.424 e. The highest BCUT2D eigenvalue weighted by Crippen LogP contribution is 2.21. The summed E-state index contributed by atoms with van der Waals surface area (Å²) in [6, 6.07) is 6.42. The molecule has 3 N–H and O–H groups in total. The number of aromatic nitrogens is 1. The maximum atomic E-state index is 5.75. The minimum absolute atomic E-state index is 0.339. The van der Waals surface area contributed by atoms with Crippen molar-refractivity contribution >= 4 is 22.8 Å². The van der Waals surface area contributed by atoms with Crippen molar-refractivity contribution < 1.29 is 4.42 Å². The van der Waals surface area contributed by atoms with E-state index in [1.165, 1.54) is 6.42 Å². The van der Waals surface area contributed by atoms with E-state index in [1.54, 1.807) is 0 Å². The maximum Gasteiger partial charge on any atom is 0.295 e. The predicted molar refractivity (Wildman–Crippen MR) is 88.5 cm³/mol. The molecule has 21 heavy (non-hydrogen) atoms. The highest BCUT2D eigenvalue weighted by atomic mass is 16.4. The smallest absolute Gasteiger partial charge is 0.295 e. The Morgan fingerprint density at radius 1 is 1.33 bits per heavy atom. The number of nitrogens with zero attached hydrogens (tertiary/aromatic N) is 2. The van der Waals surface area contributed by atoms with Gasteiger partial charge >= 0.3 is 0 Å². The van der Waals surface area contributed by atoms with Gasteiger partial charge in [0.1, 0.15) is 5.52 Å². The molecular formula is C16H26N4O. The van der Waals surface area contributed by atoms with Gasteiger partial charge in [-0.3, -0.25) is 0 Å². The number of oxazole rings is 1. The van der Waals surface area contributed by atoms with E-state index in [-0.39, 0.29) is 0 Å². The van der Waals surface area contributed by atoms with Gasteiger partial charge in [0.05, 0.1) is 0 Å². The Kier molecular flexibility index (Phi) is 5.44. The fourth-order valence-corrected chi connectivity index (χ4v) is 2.45. The van der Waals surface area contributed by atoms with E-state index < -0.39 is 0 Å². The summed E-state index contributed by atoms with van der Waals surface area (Å²) in [6.07, 6.45) is 2.26. The number of benzene rings is 1. The SMILES string of the molecule is CCN(CC)CCCC(C)Nc1nc2cc(N)ccc2o1. The van der Waals surface area contributed by atoms with Crippen molar-refractivity contribution in [2.24, 2.45) is 0 Å². The Bertz CT molecular complexity index is 562. The number of anilines is 2. The van der Waals surface area contributed by atoms with Crippen molar-refractivity contribution in [3.63, 3.8) is 0 Å². The second kappa shape index (κ2) is 7.31. The van der Waals surface area contributed by atoms with E-state index in [2.05, 4.69) is 36.0 Å². The predicted octanol–water partition coefficient (Wildman–Crippen LogP) is 3.33. The fourth-order valence-electron chi connectivity index (χ4n) is 2.45. The zero-order chi connectivity index (χ0) is 15.2. The van der Waals surface area contributed by atoms with Crippen LogP contribution in [0.3, 0.4) is 0 Å². The summed E-state index contributed by atoms with van der Waals surface area (Å²) in [5.41, 5.74) is 8.02. The molecule has 0 bridgehead atoms. The first-order valence-corrected chi connectivity index (χ1v) is 7.77. The van der Waals surface area contributed by atoms with Crippen molar-refractivity contribution in [3.05, 3.63) is 18.2 Å². The minimum Gasteiger partial charge on any atom is -0.424 e. The van der Waals surface area contributed by atoms with E-state index in [1.807, 2.05) is 18.2 Å². The van der Waals surface area contributed by atoms with Crippen LogP contribution in [0.5, 0.6) is 0 Å². The maximum absolute atomic E-state index is 5.75. The van der Waals surface area contributed by atoms with Crippen molar-refractivity contribution in [2.75, 3.05) is 30.7 Å². The van der Waals surface area contributed by atoms with Crippen molar-refractivity contribution in [1.29, 1.82) is 0 Å². The molecule has 0 aliphatic rings. The van der Waals surface area contributed by atoms with E-state index in [0.29, 0.717) is 17.7 Å². The fraction of sp³-hybridized carbons (Fsp3) is 0.562. The van der Waals surface area contributed by atoms with Crippen LogP contribution in [0.25, 0.3) is 11.1 Å². The molecule has 5 heteroatoms. The van der Waals surface area contributed by atoms with Gasteiger partial charge in [-0.1, -0.05) is 13.8 Å². The van der Waals surface area contributed by atoms with Crippen LogP contribution < -0.4 is 11.1 Å². The third kappa shape index (κ3) is 4.36. The molecule has 116 valence electrons. The van der Waals surface area contributed by atoms with Crippen LogP contribution in [0.1, 0.15) is 33.6 Å². The number of hydrogen-bond donors (Lipinski definition) is 2. The van der Waals surface area contributed by atoms with Gasteiger partial charge in [0.25, 0.3) is 6.01 Å². The number of nitrogen functional groups attached to an aromatic ring is 1. The molecule has 0 aliphatic carbocycles. The van der Waals surface area contributed by atoms with E-state index >= 15 is 0 Å². The Morgan fingerprint density at radius 3 is 2.81 bits per heavy atom. The summed E-state index contributed by atoms with van der Waals surface area (Å²) in [7, 11) is 0. The first-order chi connectivity index (χ1) is 10.1. The molecule has 1 unspecified atom stereocenters. The first kappa shape index (κ1) is 15.6. The second-order valence-corrected chi connectivity index (χ2v) is 5.46. The molecule has 1 aromatic heterocycles. The molecule has 0 amide bonds. The van der Waals surface area contributed by atoms with Crippen molar-refractivity contribution in [2.45, 2.75) is 39.7 Å².